The van der Waals surface area contributed by atoms with Crippen molar-refractivity contribution in [2.24, 2.45) is 5.92 Å². The largest absolute Gasteiger partial charge is 0.445 e. The average molecular weight is 546 g/mol. The van der Waals surface area contributed by atoms with Crippen LogP contribution in [-0.2, 0) is 25.7 Å². The van der Waals surface area contributed by atoms with Crippen molar-refractivity contribution in [1.29, 1.82) is 0 Å². The van der Waals surface area contributed by atoms with E-state index >= 15 is 0 Å². The third-order valence-electron chi connectivity index (χ3n) is 6.48. The van der Waals surface area contributed by atoms with Gasteiger partial charge in [0, 0.05) is 13.1 Å². The van der Waals surface area contributed by atoms with Crippen LogP contribution in [0.25, 0.3) is 0 Å². The Morgan fingerprint density at radius 2 is 1.67 bits per heavy atom. The number of carbonyl (C=O) groups excluding carboxylic acids is 4. The molecule has 0 spiro atoms. The lowest BCUT2D eigenvalue weighted by Crippen LogP contribution is -2.59. The van der Waals surface area contributed by atoms with Crippen LogP contribution in [0.15, 0.2) is 60.7 Å². The minimum atomic E-state index is -4.47. The van der Waals surface area contributed by atoms with E-state index in [9.17, 15) is 33.1 Å². The maximum absolute atomic E-state index is 14.9. The molecule has 0 saturated carbocycles. The van der Waals surface area contributed by atoms with Crippen LogP contribution in [0.4, 0.5) is 13.6 Å². The Hall–Kier alpha value is -3.86. The van der Waals surface area contributed by atoms with Crippen molar-refractivity contribution in [2.45, 2.75) is 57.4 Å². The summed E-state index contributed by atoms with van der Waals surface area (Å²) in [5.41, 5.74) is 1.16. The maximum atomic E-state index is 14.9. The highest BCUT2D eigenvalue weighted by Gasteiger charge is 2.51. The third-order valence-corrected chi connectivity index (χ3v) is 6.48. The molecular weight excluding hydrogens is 512 g/mol. The summed E-state index contributed by atoms with van der Waals surface area (Å²) >= 11 is 0. The van der Waals surface area contributed by atoms with Gasteiger partial charge in [0.05, 0.1) is 12.1 Å². The number of halogens is 2. The predicted molar refractivity (Wildman–Crippen MR) is 137 cm³/mol. The summed E-state index contributed by atoms with van der Waals surface area (Å²) in [6.07, 6.45) is -1.23. The Balaban J connectivity index is 1.61. The second kappa shape index (κ2) is 13.3. The minimum Gasteiger partial charge on any atom is -0.445 e. The van der Waals surface area contributed by atoms with Crippen molar-refractivity contribution < 1.29 is 37.8 Å². The zero-order valence-electron chi connectivity index (χ0n) is 21.8. The van der Waals surface area contributed by atoms with Crippen molar-refractivity contribution in [3.63, 3.8) is 0 Å². The lowest BCUT2D eigenvalue weighted by atomic mass is 9.94. The number of hydrogen-bond acceptors (Lipinski definition) is 6. The molecule has 3 rings (SSSR count). The third kappa shape index (κ3) is 7.60. The Morgan fingerprint density at radius 1 is 1.05 bits per heavy atom. The first kappa shape index (κ1) is 29.7. The van der Waals surface area contributed by atoms with Crippen LogP contribution in [-0.4, -0.2) is 64.8 Å². The van der Waals surface area contributed by atoms with E-state index in [1.165, 1.54) is 18.7 Å². The number of nitrogens with one attached hydrogen (secondary N) is 2. The Kier molecular flexibility index (Phi) is 10.1. The highest BCUT2D eigenvalue weighted by molar-refractivity contribution is 6.10. The van der Waals surface area contributed by atoms with Crippen molar-refractivity contribution in [1.82, 2.24) is 15.5 Å². The summed E-state index contributed by atoms with van der Waals surface area (Å²) in [5.74, 6) is -9.70. The summed E-state index contributed by atoms with van der Waals surface area (Å²) < 4.78 is 35.1. The molecule has 3 amide bonds. The summed E-state index contributed by atoms with van der Waals surface area (Å²) in [6.45, 7) is 2.60. The number of ether oxygens (including phenoxy) is 1. The molecule has 1 aliphatic rings. The van der Waals surface area contributed by atoms with Crippen LogP contribution in [0.2, 0.25) is 0 Å². The molecule has 39 heavy (non-hydrogen) atoms. The standard InChI is InChI=1S/C28H33F2N3O6/c1-18(2)23(24(35)28(29,30)26(37)31-16-22(34)20-12-7-4-8-13-20)32-25(36)21-14-9-15-33(21)27(38)39-17-19-10-5-3-6-11-19/h3-8,10-13,18,21-23,34H,9,14-17H2,1-2H3,(H,31,37)(H,32,36). The number of benzene rings is 2. The molecule has 1 fully saturated rings. The minimum absolute atomic E-state index is 0.00206. The number of ketones is 1. The van der Waals surface area contributed by atoms with Crippen LogP contribution in [0.5, 0.6) is 0 Å². The molecule has 1 aliphatic heterocycles. The number of alkyl halides is 2. The van der Waals surface area contributed by atoms with Gasteiger partial charge in [0.2, 0.25) is 11.7 Å². The molecule has 3 N–H and O–H groups in total. The molecule has 1 heterocycles. The number of Topliss-reactive ketones (excluding diaryl/α,β-unsaturated/α-hetero) is 1. The van der Waals surface area contributed by atoms with Crippen LogP contribution < -0.4 is 10.6 Å². The molecule has 3 atom stereocenters. The highest BCUT2D eigenvalue weighted by Crippen LogP contribution is 2.24. The molecule has 2 aromatic rings. The first-order chi connectivity index (χ1) is 18.5. The van der Waals surface area contributed by atoms with E-state index < -0.39 is 60.3 Å². The van der Waals surface area contributed by atoms with E-state index in [4.69, 9.17) is 4.74 Å². The number of carbonyl (C=O) groups is 4. The molecular formula is C28H33F2N3O6. The summed E-state index contributed by atoms with van der Waals surface area (Å²) in [5, 5.41) is 14.4. The van der Waals surface area contributed by atoms with E-state index in [0.717, 1.165) is 5.56 Å². The average Bonchev–Trinajstić information content (AvgIpc) is 3.44. The summed E-state index contributed by atoms with van der Waals surface area (Å²) in [4.78, 5) is 51.9. The molecule has 0 bridgehead atoms. The number of aliphatic hydroxyl groups is 1. The van der Waals surface area contributed by atoms with Gasteiger partial charge in [-0.25, -0.2) is 4.79 Å². The smallest absolute Gasteiger partial charge is 0.410 e. The fourth-order valence-corrected chi connectivity index (χ4v) is 4.25. The normalized spacial score (nSPS) is 16.9. The predicted octanol–water partition coefficient (Wildman–Crippen LogP) is 2.98. The summed E-state index contributed by atoms with van der Waals surface area (Å²) in [7, 11) is 0. The molecule has 0 aromatic heterocycles. The van der Waals surface area contributed by atoms with Gasteiger partial charge in [0.15, 0.2) is 0 Å². The van der Waals surface area contributed by atoms with Crippen molar-refractivity contribution >= 4 is 23.7 Å². The zero-order valence-corrected chi connectivity index (χ0v) is 21.8. The Labute approximate surface area is 225 Å². The van der Waals surface area contributed by atoms with Gasteiger partial charge in [-0.15, -0.1) is 0 Å². The van der Waals surface area contributed by atoms with Gasteiger partial charge < -0.3 is 20.5 Å². The van der Waals surface area contributed by atoms with Gasteiger partial charge in [-0.05, 0) is 29.9 Å². The number of aliphatic hydroxyl groups excluding tert-OH is 1. The molecule has 210 valence electrons. The van der Waals surface area contributed by atoms with Gasteiger partial charge >= 0.3 is 12.0 Å². The number of nitrogens with zero attached hydrogens (tertiary/aromatic N) is 1. The van der Waals surface area contributed by atoms with Crippen molar-refractivity contribution in [3.05, 3.63) is 71.8 Å². The molecule has 3 unspecified atom stereocenters. The molecule has 1 saturated heterocycles. The fraction of sp³-hybridized carbons (Fsp3) is 0.429. The fourth-order valence-electron chi connectivity index (χ4n) is 4.25. The topological polar surface area (TPSA) is 125 Å². The number of hydrogen-bond donors (Lipinski definition) is 3. The highest BCUT2D eigenvalue weighted by atomic mass is 19.3. The lowest BCUT2D eigenvalue weighted by molar-refractivity contribution is -0.161. The van der Waals surface area contributed by atoms with E-state index in [1.54, 1.807) is 54.6 Å². The molecule has 0 aliphatic carbocycles. The molecule has 9 nitrogen and oxygen atoms in total. The Morgan fingerprint density at radius 3 is 2.28 bits per heavy atom. The SMILES string of the molecule is CC(C)C(NC(=O)C1CCCN1C(=O)OCc1ccccc1)C(=O)C(F)(F)C(=O)NCC(O)c1ccccc1. The van der Waals surface area contributed by atoms with Crippen LogP contribution in [0.3, 0.4) is 0 Å². The van der Waals surface area contributed by atoms with Crippen molar-refractivity contribution in [3.8, 4) is 0 Å². The molecule has 0 radical (unpaired) electrons. The second-order valence-electron chi connectivity index (χ2n) is 9.70. The number of amides is 3. The molecule has 2 aromatic carbocycles. The number of rotatable bonds is 11. The van der Waals surface area contributed by atoms with E-state index in [-0.39, 0.29) is 19.6 Å². The Bertz CT molecular complexity index is 1150. The zero-order chi connectivity index (χ0) is 28.6. The van der Waals surface area contributed by atoms with Crippen molar-refractivity contribution in [2.75, 3.05) is 13.1 Å². The quantitative estimate of drug-likeness (QED) is 0.373. The van der Waals surface area contributed by atoms with Crippen LogP contribution in [0.1, 0.15) is 43.9 Å². The second-order valence-corrected chi connectivity index (χ2v) is 9.70. The van der Waals surface area contributed by atoms with E-state index in [0.29, 0.717) is 12.0 Å². The first-order valence-electron chi connectivity index (χ1n) is 12.7. The van der Waals surface area contributed by atoms with Crippen LogP contribution in [0, 0.1) is 5.92 Å². The van der Waals surface area contributed by atoms with Gasteiger partial charge in [-0.2, -0.15) is 8.78 Å². The van der Waals surface area contributed by atoms with E-state index in [2.05, 4.69) is 5.32 Å². The maximum Gasteiger partial charge on any atom is 0.410 e. The lowest BCUT2D eigenvalue weighted by Gasteiger charge is -2.29. The number of likely N-dealkylation sites (tertiary alicyclic amines) is 1. The first-order valence-corrected chi connectivity index (χ1v) is 12.7. The van der Waals surface area contributed by atoms with Gasteiger partial charge in [-0.3, -0.25) is 19.3 Å². The van der Waals surface area contributed by atoms with Crippen LogP contribution >= 0.6 is 0 Å². The molecule has 11 heteroatoms. The van der Waals surface area contributed by atoms with Gasteiger partial charge in [0.1, 0.15) is 12.6 Å². The van der Waals surface area contributed by atoms with Gasteiger partial charge in [0.25, 0.3) is 5.91 Å². The van der Waals surface area contributed by atoms with E-state index in [1.807, 2.05) is 11.4 Å². The summed E-state index contributed by atoms with van der Waals surface area (Å²) in [6, 6.07) is 14.4. The van der Waals surface area contributed by atoms with Gasteiger partial charge in [-0.1, -0.05) is 74.5 Å². The monoisotopic (exact) mass is 545 g/mol.